The van der Waals surface area contributed by atoms with Crippen LogP contribution in [0.1, 0.15) is 39.5 Å². The Balaban J connectivity index is 2.41. The summed E-state index contributed by atoms with van der Waals surface area (Å²) in [6.07, 6.45) is 1.23. The molecule has 2 unspecified atom stereocenters. The summed E-state index contributed by atoms with van der Waals surface area (Å²) >= 11 is 0. The topological polar surface area (TPSA) is 75.6 Å². The molecule has 2 N–H and O–H groups in total. The van der Waals surface area contributed by atoms with Crippen molar-refractivity contribution in [2.24, 2.45) is 0 Å². The molecule has 0 aromatic heterocycles. The van der Waals surface area contributed by atoms with E-state index in [0.717, 1.165) is 12.8 Å². The van der Waals surface area contributed by atoms with Crippen molar-refractivity contribution in [2.75, 3.05) is 0 Å². The number of carbonyl (C=O) groups is 2. The molecule has 1 aliphatic rings. The maximum absolute atomic E-state index is 11.7. The lowest BCUT2D eigenvalue weighted by molar-refractivity contribution is -0.151. The average Bonchev–Trinajstić information content (AvgIpc) is 2.74. The predicted molar refractivity (Wildman–Crippen MR) is 58.0 cm³/mol. The minimum Gasteiger partial charge on any atom is -0.479 e. The fraction of sp³-hybridized carbons (Fsp3) is 0.818. The number of carboxylic acid groups (broad SMARTS) is 1. The van der Waals surface area contributed by atoms with E-state index in [1.807, 2.05) is 13.8 Å². The zero-order valence-electron chi connectivity index (χ0n) is 9.73. The standard InChI is InChI=1S/C11H19NO4/c1-3-7(4-2)12-10(13)8-5-6-9(16-8)11(14)15/h7-9H,3-6H2,1-2H3,(H,12,13)(H,14,15). The maximum atomic E-state index is 11.7. The quantitative estimate of drug-likeness (QED) is 0.735. The van der Waals surface area contributed by atoms with Crippen LogP contribution in [0.4, 0.5) is 0 Å². The van der Waals surface area contributed by atoms with E-state index in [1.54, 1.807) is 0 Å². The predicted octanol–water partition coefficient (Wildman–Crippen LogP) is 0.923. The molecule has 0 spiro atoms. The highest BCUT2D eigenvalue weighted by Gasteiger charge is 2.34. The van der Waals surface area contributed by atoms with Crippen LogP contribution >= 0.6 is 0 Å². The van der Waals surface area contributed by atoms with Crippen molar-refractivity contribution >= 4 is 11.9 Å². The molecule has 1 amide bonds. The number of hydrogen-bond acceptors (Lipinski definition) is 3. The molecule has 1 aliphatic heterocycles. The summed E-state index contributed by atoms with van der Waals surface area (Å²) in [5, 5.41) is 11.6. The highest BCUT2D eigenvalue weighted by Crippen LogP contribution is 2.20. The van der Waals surface area contributed by atoms with E-state index >= 15 is 0 Å². The van der Waals surface area contributed by atoms with Crippen LogP contribution in [-0.2, 0) is 14.3 Å². The van der Waals surface area contributed by atoms with Crippen molar-refractivity contribution < 1.29 is 19.4 Å². The number of carbonyl (C=O) groups excluding carboxylic acids is 1. The van der Waals surface area contributed by atoms with Crippen LogP contribution in [0.25, 0.3) is 0 Å². The van der Waals surface area contributed by atoms with Crippen molar-refractivity contribution in [3.63, 3.8) is 0 Å². The molecule has 1 heterocycles. The summed E-state index contributed by atoms with van der Waals surface area (Å²) in [5.41, 5.74) is 0. The van der Waals surface area contributed by atoms with E-state index in [2.05, 4.69) is 5.32 Å². The summed E-state index contributed by atoms with van der Waals surface area (Å²) in [6, 6.07) is 0.153. The van der Waals surface area contributed by atoms with E-state index in [-0.39, 0.29) is 11.9 Å². The first-order chi connectivity index (χ1) is 7.58. The zero-order valence-corrected chi connectivity index (χ0v) is 9.73. The third-order valence-corrected chi connectivity index (χ3v) is 2.92. The van der Waals surface area contributed by atoms with Crippen molar-refractivity contribution in [1.82, 2.24) is 5.32 Å². The molecule has 0 saturated carbocycles. The Labute approximate surface area is 95.2 Å². The van der Waals surface area contributed by atoms with Gasteiger partial charge < -0.3 is 15.2 Å². The molecule has 1 saturated heterocycles. The SMILES string of the molecule is CCC(CC)NC(=O)C1CCC(C(=O)O)O1. The fourth-order valence-electron chi connectivity index (χ4n) is 1.80. The number of ether oxygens (including phenoxy) is 1. The normalized spacial score (nSPS) is 24.7. The van der Waals surface area contributed by atoms with Gasteiger partial charge in [0.15, 0.2) is 6.10 Å². The smallest absolute Gasteiger partial charge is 0.332 e. The third-order valence-electron chi connectivity index (χ3n) is 2.92. The summed E-state index contributed by atoms with van der Waals surface area (Å²) < 4.78 is 5.16. The highest BCUT2D eigenvalue weighted by atomic mass is 16.5. The summed E-state index contributed by atoms with van der Waals surface area (Å²) in [4.78, 5) is 22.4. The van der Waals surface area contributed by atoms with E-state index in [0.29, 0.717) is 12.8 Å². The molecule has 16 heavy (non-hydrogen) atoms. The Hall–Kier alpha value is -1.10. The van der Waals surface area contributed by atoms with Crippen LogP contribution in [0, 0.1) is 0 Å². The maximum Gasteiger partial charge on any atom is 0.332 e. The number of nitrogens with one attached hydrogen (secondary N) is 1. The Kier molecular flexibility index (Phi) is 4.73. The Morgan fingerprint density at radius 1 is 1.31 bits per heavy atom. The second-order valence-corrected chi connectivity index (χ2v) is 4.05. The number of carboxylic acids is 1. The van der Waals surface area contributed by atoms with Gasteiger partial charge in [0, 0.05) is 6.04 Å². The van der Waals surface area contributed by atoms with Crippen LogP contribution in [0.15, 0.2) is 0 Å². The minimum atomic E-state index is -0.988. The van der Waals surface area contributed by atoms with E-state index in [1.165, 1.54) is 0 Å². The van der Waals surface area contributed by atoms with Crippen LogP contribution in [0.3, 0.4) is 0 Å². The summed E-state index contributed by atoms with van der Waals surface area (Å²) in [6.45, 7) is 4.01. The van der Waals surface area contributed by atoms with Gasteiger partial charge in [-0.1, -0.05) is 13.8 Å². The molecule has 92 valence electrons. The second kappa shape index (κ2) is 5.84. The van der Waals surface area contributed by atoms with Gasteiger partial charge in [-0.15, -0.1) is 0 Å². The van der Waals surface area contributed by atoms with Crippen molar-refractivity contribution in [1.29, 1.82) is 0 Å². The summed E-state index contributed by atoms with van der Waals surface area (Å²) in [7, 11) is 0. The molecular formula is C11H19NO4. The van der Waals surface area contributed by atoms with E-state index in [4.69, 9.17) is 9.84 Å². The Bertz CT molecular complexity index is 263. The first kappa shape index (κ1) is 13.0. The minimum absolute atomic E-state index is 0.153. The number of aliphatic carboxylic acids is 1. The average molecular weight is 229 g/mol. The third kappa shape index (κ3) is 3.20. The monoisotopic (exact) mass is 229 g/mol. The van der Waals surface area contributed by atoms with Crippen LogP contribution in [0.2, 0.25) is 0 Å². The van der Waals surface area contributed by atoms with Crippen molar-refractivity contribution in [3.05, 3.63) is 0 Å². The molecule has 0 bridgehead atoms. The van der Waals surface area contributed by atoms with Gasteiger partial charge in [0.1, 0.15) is 6.10 Å². The van der Waals surface area contributed by atoms with Gasteiger partial charge in [0.05, 0.1) is 0 Å². The van der Waals surface area contributed by atoms with Gasteiger partial charge in [-0.05, 0) is 25.7 Å². The first-order valence-corrected chi connectivity index (χ1v) is 5.77. The van der Waals surface area contributed by atoms with Crippen molar-refractivity contribution in [2.45, 2.75) is 57.8 Å². The molecule has 5 nitrogen and oxygen atoms in total. The van der Waals surface area contributed by atoms with Gasteiger partial charge in [0.25, 0.3) is 0 Å². The lowest BCUT2D eigenvalue weighted by Crippen LogP contribution is -2.41. The van der Waals surface area contributed by atoms with E-state index in [9.17, 15) is 9.59 Å². The molecule has 0 aliphatic carbocycles. The lowest BCUT2D eigenvalue weighted by atomic mass is 10.1. The molecule has 1 rings (SSSR count). The van der Waals surface area contributed by atoms with Gasteiger partial charge in [-0.3, -0.25) is 4.79 Å². The van der Waals surface area contributed by atoms with Crippen molar-refractivity contribution in [3.8, 4) is 0 Å². The molecule has 1 fully saturated rings. The second-order valence-electron chi connectivity index (χ2n) is 4.05. The first-order valence-electron chi connectivity index (χ1n) is 5.77. The number of rotatable bonds is 5. The van der Waals surface area contributed by atoms with Crippen LogP contribution < -0.4 is 5.32 Å². The van der Waals surface area contributed by atoms with Gasteiger partial charge in [0.2, 0.25) is 5.91 Å². The summed E-state index contributed by atoms with van der Waals surface area (Å²) in [5.74, 6) is -1.17. The molecule has 2 atom stereocenters. The van der Waals surface area contributed by atoms with Gasteiger partial charge >= 0.3 is 5.97 Å². The highest BCUT2D eigenvalue weighted by molar-refractivity contribution is 5.82. The number of hydrogen-bond donors (Lipinski definition) is 2. The Morgan fingerprint density at radius 2 is 1.88 bits per heavy atom. The molecular weight excluding hydrogens is 210 g/mol. The molecule has 0 aromatic carbocycles. The fourth-order valence-corrected chi connectivity index (χ4v) is 1.80. The Morgan fingerprint density at radius 3 is 2.31 bits per heavy atom. The molecule has 5 heteroatoms. The van der Waals surface area contributed by atoms with Gasteiger partial charge in [-0.25, -0.2) is 4.79 Å². The number of amides is 1. The van der Waals surface area contributed by atoms with Crippen LogP contribution in [0.5, 0.6) is 0 Å². The molecule has 0 radical (unpaired) electrons. The molecule has 0 aromatic rings. The zero-order chi connectivity index (χ0) is 12.1. The van der Waals surface area contributed by atoms with Gasteiger partial charge in [-0.2, -0.15) is 0 Å². The van der Waals surface area contributed by atoms with E-state index < -0.39 is 18.2 Å². The lowest BCUT2D eigenvalue weighted by Gasteiger charge is -2.17. The largest absolute Gasteiger partial charge is 0.479 e. The van der Waals surface area contributed by atoms with Crippen LogP contribution in [-0.4, -0.2) is 35.2 Å².